The van der Waals surface area contributed by atoms with Crippen LogP contribution in [0.5, 0.6) is 5.88 Å². The zero-order valence-electron chi connectivity index (χ0n) is 49.8. The predicted octanol–water partition coefficient (Wildman–Crippen LogP) is 9.56. The Hall–Kier alpha value is -7.57. The quantitative estimate of drug-likeness (QED) is 0.0494. The summed E-state index contributed by atoms with van der Waals surface area (Å²) >= 11 is 0. The van der Waals surface area contributed by atoms with Gasteiger partial charge in [0.05, 0.1) is 30.9 Å². The van der Waals surface area contributed by atoms with E-state index in [1.807, 2.05) is 88.4 Å². The van der Waals surface area contributed by atoms with Gasteiger partial charge in [0.1, 0.15) is 11.6 Å². The van der Waals surface area contributed by atoms with Crippen LogP contribution in [0.25, 0.3) is 45.1 Å². The van der Waals surface area contributed by atoms with E-state index in [1.54, 1.807) is 19.8 Å². The number of hydrogen-bond acceptors (Lipinski definition) is 14. The average molecular weight is 1200 g/mol. The Kier molecular flexibility index (Phi) is 20.8. The number of hydrogen-bond donors (Lipinski definition) is 1. The fourth-order valence-corrected chi connectivity index (χ4v) is 10.7. The smallest absolute Gasteiger partial charge is 0.332 e. The molecule has 0 radical (unpaired) electrons. The van der Waals surface area contributed by atoms with Crippen molar-refractivity contribution in [2.45, 2.75) is 156 Å². The van der Waals surface area contributed by atoms with Crippen LogP contribution in [-0.4, -0.2) is 105 Å². The molecule has 4 fully saturated rings. The van der Waals surface area contributed by atoms with Crippen molar-refractivity contribution in [3.05, 3.63) is 156 Å². The van der Waals surface area contributed by atoms with Crippen LogP contribution in [0.1, 0.15) is 128 Å². The first kappa shape index (κ1) is 62.5. The van der Waals surface area contributed by atoms with Gasteiger partial charge in [-0.1, -0.05) is 60.7 Å². The first-order chi connectivity index (χ1) is 42.2. The predicted molar refractivity (Wildman–Crippen MR) is 321 cm³/mol. The van der Waals surface area contributed by atoms with E-state index in [2.05, 4.69) is 15.0 Å². The van der Waals surface area contributed by atoms with Gasteiger partial charge in [0, 0.05) is 58.1 Å². The number of aliphatic hydroxyl groups excluding tert-OH is 1. The SMILES string of the molecule is CC(C)n1c(=O)n(CCCOC2CCCCO2)c(=O)c2c1nc(-c1ccc(F)nc1F)n2Cc1ccccc1.CC(C)n1c(=O)n(CCCOC2CCCCO2)c(=O)c2c1nc(-c1ccc(F)nc1OCC1CC1)n2Cc1ccccc1.OCC1CC1. The number of nitrogens with zero attached hydrogens (tertiary/aromatic N) is 10. The molecule has 87 heavy (non-hydrogen) atoms. The summed E-state index contributed by atoms with van der Waals surface area (Å²) in [4.78, 5) is 72.2. The van der Waals surface area contributed by atoms with Gasteiger partial charge >= 0.3 is 11.4 Å². The Morgan fingerprint density at radius 1 is 0.552 bits per heavy atom. The second-order valence-electron chi connectivity index (χ2n) is 23.1. The maximum atomic E-state index is 14.9. The first-order valence-corrected chi connectivity index (χ1v) is 30.5. The van der Waals surface area contributed by atoms with E-state index < -0.39 is 40.3 Å². The highest BCUT2D eigenvalue weighted by molar-refractivity contribution is 5.79. The van der Waals surface area contributed by atoms with E-state index in [9.17, 15) is 32.3 Å². The standard InChI is InChI=1S/C32H38FN5O5.C28H31F2N5O4.C4H8O/c1-21(2)38-29-27(31(39)36(32(38)40)16-8-18-42-26-11-6-7-17-41-26)37(19-22-9-4-3-5-10-22)28(35-29)24-14-15-25(33)34-30(24)43-20-23-12-13-23;1-18(2)35-26-23(27(36)33(28(35)37)14-8-16-39-22-11-6-7-15-38-22)34(17-19-9-4-3-5-10-19)25(32-26)20-12-13-21(29)31-24(20)30;5-3-4-1-2-4/h3-5,9-10,14-15,21,23,26H,6-8,11-13,16-20H2,1-2H3;3-5,9-10,12-13,18,22H,6-8,11,14-17H2,1-2H3;4-5H,1-3H2. The van der Waals surface area contributed by atoms with E-state index in [0.29, 0.717) is 87.8 Å². The highest BCUT2D eigenvalue weighted by atomic mass is 19.1. The number of pyridine rings is 2. The summed E-state index contributed by atoms with van der Waals surface area (Å²) in [6, 6.07) is 23.5. The number of fused-ring (bicyclic) bond motifs is 2. The molecule has 2 aliphatic heterocycles. The summed E-state index contributed by atoms with van der Waals surface area (Å²) in [7, 11) is 0. The number of aliphatic hydroxyl groups is 1. The Morgan fingerprint density at radius 2 is 1.01 bits per heavy atom. The monoisotopic (exact) mass is 1200 g/mol. The summed E-state index contributed by atoms with van der Waals surface area (Å²) in [5.74, 6) is -0.980. The lowest BCUT2D eigenvalue weighted by Crippen LogP contribution is -2.41. The molecular weight excluding hydrogens is 1130 g/mol. The third kappa shape index (κ3) is 15.2. The normalized spacial score (nSPS) is 16.9. The first-order valence-electron chi connectivity index (χ1n) is 30.5. The van der Waals surface area contributed by atoms with E-state index in [1.165, 1.54) is 38.7 Å². The molecule has 2 unspecified atom stereocenters. The summed E-state index contributed by atoms with van der Waals surface area (Å²) < 4.78 is 80.5. The van der Waals surface area contributed by atoms with E-state index in [0.717, 1.165) is 68.6 Å². The molecule has 2 aliphatic carbocycles. The van der Waals surface area contributed by atoms with Gasteiger partial charge in [0.25, 0.3) is 11.1 Å². The minimum absolute atomic E-state index is 0.0712. The van der Waals surface area contributed by atoms with Gasteiger partial charge in [-0.2, -0.15) is 23.1 Å². The summed E-state index contributed by atoms with van der Waals surface area (Å²) in [6.07, 6.45) is 10.9. The zero-order chi connectivity index (χ0) is 61.1. The van der Waals surface area contributed by atoms with Crippen molar-refractivity contribution in [2.24, 2.45) is 11.8 Å². The van der Waals surface area contributed by atoms with Crippen LogP contribution >= 0.6 is 0 Å². The van der Waals surface area contributed by atoms with Crippen molar-refractivity contribution in [1.82, 2.24) is 47.3 Å². The van der Waals surface area contributed by atoms with Crippen LogP contribution in [0.2, 0.25) is 0 Å². The van der Waals surface area contributed by atoms with Gasteiger partial charge < -0.3 is 37.9 Å². The minimum atomic E-state index is -1.06. The van der Waals surface area contributed by atoms with E-state index >= 15 is 0 Å². The molecule has 6 aromatic heterocycles. The van der Waals surface area contributed by atoms with Crippen molar-refractivity contribution >= 4 is 22.3 Å². The molecule has 0 amide bonds. The fourth-order valence-electron chi connectivity index (χ4n) is 10.7. The molecule has 0 bridgehead atoms. The highest BCUT2D eigenvalue weighted by Gasteiger charge is 2.30. The highest BCUT2D eigenvalue weighted by Crippen LogP contribution is 2.35. The Bertz CT molecular complexity index is 3860. The molecule has 20 nitrogen and oxygen atoms in total. The van der Waals surface area contributed by atoms with Crippen molar-refractivity contribution in [2.75, 3.05) is 39.6 Å². The Morgan fingerprint density at radius 3 is 1.43 bits per heavy atom. The molecule has 8 heterocycles. The van der Waals surface area contributed by atoms with Crippen LogP contribution in [0.15, 0.2) is 104 Å². The fraction of sp³-hybridized carbons (Fsp3) is 0.500. The van der Waals surface area contributed by atoms with Crippen LogP contribution in [-0.2, 0) is 45.1 Å². The molecule has 1 N–H and O–H groups in total. The van der Waals surface area contributed by atoms with E-state index in [-0.39, 0.29) is 78.4 Å². The van der Waals surface area contributed by atoms with Gasteiger partial charge in [-0.15, -0.1) is 0 Å². The van der Waals surface area contributed by atoms with E-state index in [4.69, 9.17) is 33.8 Å². The third-order valence-corrected chi connectivity index (χ3v) is 15.7. The van der Waals surface area contributed by atoms with Gasteiger partial charge in [-0.25, -0.2) is 19.6 Å². The molecule has 12 rings (SSSR count). The van der Waals surface area contributed by atoms with Crippen LogP contribution < -0.4 is 27.2 Å². The maximum Gasteiger partial charge on any atom is 0.332 e. The lowest BCUT2D eigenvalue weighted by atomic mass is 10.2. The second kappa shape index (κ2) is 29.0. The summed E-state index contributed by atoms with van der Waals surface area (Å²) in [5.41, 5.74) is 1.11. The van der Waals surface area contributed by atoms with Gasteiger partial charge in [-0.05, 0) is 152 Å². The minimum Gasteiger partial charge on any atom is -0.477 e. The number of benzene rings is 2. The number of rotatable bonds is 22. The van der Waals surface area contributed by atoms with Crippen molar-refractivity contribution in [3.8, 4) is 28.7 Å². The van der Waals surface area contributed by atoms with Crippen molar-refractivity contribution in [1.29, 1.82) is 0 Å². The molecular formula is C64H77F3N10O10. The van der Waals surface area contributed by atoms with Gasteiger partial charge in [0.15, 0.2) is 34.9 Å². The number of imidazole rings is 2. The molecule has 8 aromatic rings. The topological polar surface area (TPSA) is 216 Å². The lowest BCUT2D eigenvalue weighted by molar-refractivity contribution is -0.163. The lowest BCUT2D eigenvalue weighted by Gasteiger charge is -2.22. The Balaban J connectivity index is 0.000000179. The molecule has 2 saturated heterocycles. The zero-order valence-corrected chi connectivity index (χ0v) is 49.8. The second-order valence-corrected chi connectivity index (χ2v) is 23.1. The third-order valence-electron chi connectivity index (χ3n) is 15.7. The number of aromatic nitrogens is 10. The molecule has 4 aliphatic rings. The van der Waals surface area contributed by atoms with Crippen LogP contribution in [0.3, 0.4) is 0 Å². The van der Waals surface area contributed by atoms with Gasteiger partial charge in [0.2, 0.25) is 23.7 Å². The molecule has 464 valence electrons. The molecule has 23 heteroatoms. The maximum absolute atomic E-state index is 14.9. The Labute approximate surface area is 501 Å². The largest absolute Gasteiger partial charge is 0.477 e. The number of halogens is 3. The average Bonchev–Trinajstić information content (AvgIpc) is 1.67. The summed E-state index contributed by atoms with van der Waals surface area (Å²) in [5, 5.41) is 8.21. The molecule has 2 saturated carbocycles. The molecule has 2 aromatic carbocycles. The van der Waals surface area contributed by atoms with Crippen molar-refractivity contribution in [3.63, 3.8) is 0 Å². The van der Waals surface area contributed by atoms with Crippen LogP contribution in [0, 0.1) is 29.7 Å². The number of ether oxygens (including phenoxy) is 5. The van der Waals surface area contributed by atoms with Crippen molar-refractivity contribution < 1.29 is 42.0 Å². The summed E-state index contributed by atoms with van der Waals surface area (Å²) in [6.45, 7) is 11.1. The molecule has 2 atom stereocenters. The van der Waals surface area contributed by atoms with Gasteiger partial charge in [-0.3, -0.25) is 27.9 Å². The molecule has 0 spiro atoms. The van der Waals surface area contributed by atoms with Crippen LogP contribution in [0.4, 0.5) is 13.2 Å².